The Morgan fingerprint density at radius 3 is 2.60 bits per heavy atom. The highest BCUT2D eigenvalue weighted by Crippen LogP contribution is 2.69. The molecule has 7 atom stereocenters. The number of nitrogens with one attached hydrogen (secondary N) is 1. The number of alkyl halides is 1. The Labute approximate surface area is 228 Å². The molecule has 3 aromatic rings. The summed E-state index contributed by atoms with van der Waals surface area (Å²) in [4.78, 5) is 16.3. The van der Waals surface area contributed by atoms with Crippen LogP contribution in [-0.4, -0.2) is 61.3 Å². The van der Waals surface area contributed by atoms with Gasteiger partial charge < -0.3 is 24.8 Å². The van der Waals surface area contributed by atoms with E-state index in [-0.39, 0.29) is 17.3 Å². The summed E-state index contributed by atoms with van der Waals surface area (Å²) in [6.07, 6.45) is -2.28. The standard InChI is InChI=1S/C25H28FN6O7P/c1-14(2)36-22(33)15(3)31-40(35,38-16-8-6-5-7-9-16)39-20-19-25(20,34)23(4,26)24(12-27,37-19)18-11-10-17-21(28)29-13-30-32(17)18/h5-11,13-15,19-20,34H,1-4H3,(H,31,35)(H2,28,29,30). The largest absolute Gasteiger partial charge is 0.462 e. The van der Waals surface area contributed by atoms with E-state index in [1.54, 1.807) is 32.0 Å². The molecule has 15 heteroatoms. The van der Waals surface area contributed by atoms with Gasteiger partial charge in [-0.2, -0.15) is 15.4 Å². The fourth-order valence-electron chi connectivity index (χ4n) is 4.90. The zero-order valence-electron chi connectivity index (χ0n) is 22.0. The Kier molecular flexibility index (Phi) is 6.64. The van der Waals surface area contributed by atoms with Gasteiger partial charge in [-0.15, -0.1) is 0 Å². The molecule has 13 nitrogen and oxygen atoms in total. The van der Waals surface area contributed by atoms with Gasteiger partial charge >= 0.3 is 13.7 Å². The molecule has 1 saturated heterocycles. The van der Waals surface area contributed by atoms with Crippen molar-refractivity contribution < 1.29 is 37.4 Å². The number of para-hydroxylation sites is 1. The highest BCUT2D eigenvalue weighted by Gasteiger charge is 2.90. The normalized spacial score (nSPS) is 31.2. The summed E-state index contributed by atoms with van der Waals surface area (Å²) < 4.78 is 54.2. The van der Waals surface area contributed by atoms with Crippen molar-refractivity contribution in [2.24, 2.45) is 0 Å². The number of carbonyl (C=O) groups excluding carboxylic acids is 1. The van der Waals surface area contributed by atoms with E-state index in [9.17, 15) is 19.7 Å². The highest BCUT2D eigenvalue weighted by molar-refractivity contribution is 7.52. The number of fused-ring (bicyclic) bond motifs is 2. The van der Waals surface area contributed by atoms with Gasteiger partial charge in [-0.1, -0.05) is 18.2 Å². The maximum absolute atomic E-state index is 16.7. The number of halogens is 1. The van der Waals surface area contributed by atoms with Crippen LogP contribution in [0.25, 0.3) is 5.52 Å². The number of hydrogen-bond donors (Lipinski definition) is 3. The lowest BCUT2D eigenvalue weighted by Crippen LogP contribution is -2.54. The third-order valence-electron chi connectivity index (χ3n) is 7.03. The van der Waals surface area contributed by atoms with Gasteiger partial charge in [0.25, 0.3) is 0 Å². The Bertz CT molecular complexity index is 1550. The summed E-state index contributed by atoms with van der Waals surface area (Å²) in [6.45, 7) is 5.68. The Morgan fingerprint density at radius 2 is 2.00 bits per heavy atom. The van der Waals surface area contributed by atoms with Crippen molar-refractivity contribution in [3.63, 3.8) is 0 Å². The SMILES string of the molecule is CC(C)OC(=O)C(C)NP(=O)(Oc1ccccc1)OC1C2OC(C#N)(c3ccc4c(N)ncnn34)C(C)(F)C21O. The van der Waals surface area contributed by atoms with E-state index in [2.05, 4.69) is 15.2 Å². The van der Waals surface area contributed by atoms with Crippen LogP contribution in [0.4, 0.5) is 10.2 Å². The molecule has 2 aliphatic rings. The molecular weight excluding hydrogens is 546 g/mol. The van der Waals surface area contributed by atoms with Gasteiger partial charge in [0, 0.05) is 0 Å². The summed E-state index contributed by atoms with van der Waals surface area (Å²) in [5.74, 6) is -0.525. The molecule has 1 saturated carbocycles. The minimum atomic E-state index is -4.48. The monoisotopic (exact) mass is 574 g/mol. The van der Waals surface area contributed by atoms with Gasteiger partial charge in [0.05, 0.1) is 11.8 Å². The van der Waals surface area contributed by atoms with E-state index >= 15 is 4.39 Å². The highest BCUT2D eigenvalue weighted by atomic mass is 31.2. The number of aromatic nitrogens is 3. The summed E-state index contributed by atoms with van der Waals surface area (Å²) in [6, 6.07) is 11.5. The third kappa shape index (κ3) is 4.13. The van der Waals surface area contributed by atoms with Crippen molar-refractivity contribution in [1.29, 1.82) is 5.26 Å². The molecule has 0 amide bonds. The van der Waals surface area contributed by atoms with Gasteiger partial charge in [0.1, 0.15) is 41.9 Å². The van der Waals surface area contributed by atoms with Crippen molar-refractivity contribution in [3.05, 3.63) is 54.5 Å². The summed E-state index contributed by atoms with van der Waals surface area (Å²) >= 11 is 0. The molecule has 0 radical (unpaired) electrons. The maximum atomic E-state index is 16.7. The second-order valence-corrected chi connectivity index (χ2v) is 11.7. The second kappa shape index (κ2) is 9.50. The molecule has 1 aliphatic heterocycles. The first-order valence-corrected chi connectivity index (χ1v) is 13.9. The Morgan fingerprint density at radius 1 is 1.30 bits per heavy atom. The first-order chi connectivity index (χ1) is 18.8. The molecule has 40 heavy (non-hydrogen) atoms. The average Bonchev–Trinajstić information content (AvgIpc) is 3.16. The molecule has 0 spiro atoms. The third-order valence-corrected chi connectivity index (χ3v) is 8.69. The summed E-state index contributed by atoms with van der Waals surface area (Å²) in [5.41, 5.74) is -1.42. The van der Waals surface area contributed by atoms with Crippen molar-refractivity contribution >= 4 is 25.1 Å². The number of nitrogens with two attached hydrogens (primary N) is 1. The van der Waals surface area contributed by atoms with Crippen LogP contribution in [0.3, 0.4) is 0 Å². The average molecular weight is 575 g/mol. The molecule has 4 N–H and O–H groups in total. The molecule has 2 aromatic heterocycles. The predicted molar refractivity (Wildman–Crippen MR) is 137 cm³/mol. The van der Waals surface area contributed by atoms with E-state index < -0.39 is 54.9 Å². The number of rotatable bonds is 9. The lowest BCUT2D eigenvalue weighted by Gasteiger charge is -2.36. The van der Waals surface area contributed by atoms with Crippen LogP contribution in [0.1, 0.15) is 33.4 Å². The van der Waals surface area contributed by atoms with Gasteiger partial charge in [0.15, 0.2) is 17.1 Å². The van der Waals surface area contributed by atoms with Crippen LogP contribution in [0.15, 0.2) is 48.8 Å². The van der Waals surface area contributed by atoms with Crippen LogP contribution < -0.4 is 15.3 Å². The zero-order valence-corrected chi connectivity index (χ0v) is 22.9. The molecule has 1 aromatic carbocycles. The quantitative estimate of drug-likeness (QED) is 0.251. The number of nitrogen functional groups attached to an aromatic ring is 1. The van der Waals surface area contributed by atoms with E-state index in [0.29, 0.717) is 5.52 Å². The number of ether oxygens (including phenoxy) is 2. The Hall–Kier alpha value is -3.60. The van der Waals surface area contributed by atoms with Crippen molar-refractivity contribution in [2.45, 2.75) is 68.9 Å². The number of carbonyl (C=O) groups is 1. The second-order valence-electron chi connectivity index (χ2n) is 10.1. The lowest BCUT2D eigenvalue weighted by molar-refractivity contribution is -0.149. The van der Waals surface area contributed by atoms with Crippen LogP contribution >= 0.6 is 7.75 Å². The van der Waals surface area contributed by atoms with Crippen LogP contribution in [-0.2, 0) is 29.0 Å². The van der Waals surface area contributed by atoms with Gasteiger partial charge in [-0.25, -0.2) is 18.5 Å². The summed E-state index contributed by atoms with van der Waals surface area (Å²) in [7, 11) is -4.48. The van der Waals surface area contributed by atoms with E-state index in [0.717, 1.165) is 13.3 Å². The number of esters is 1. The number of nitriles is 1. The number of nitrogens with zero attached hydrogens (tertiary/aromatic N) is 4. The fraction of sp³-hybridized carbons (Fsp3) is 0.440. The number of anilines is 1. The first kappa shape index (κ1) is 27.9. The van der Waals surface area contributed by atoms with Crippen LogP contribution in [0.2, 0.25) is 0 Å². The van der Waals surface area contributed by atoms with Gasteiger partial charge in [-0.3, -0.25) is 9.32 Å². The molecule has 1 aliphatic carbocycles. The van der Waals surface area contributed by atoms with Gasteiger partial charge in [0.2, 0.25) is 5.60 Å². The number of aliphatic hydroxyl groups is 1. The van der Waals surface area contributed by atoms with Gasteiger partial charge in [-0.05, 0) is 52.0 Å². The molecule has 0 bridgehead atoms. The molecule has 5 rings (SSSR count). The summed E-state index contributed by atoms with van der Waals surface area (Å²) in [5, 5.41) is 28.2. The van der Waals surface area contributed by atoms with Crippen molar-refractivity contribution in [3.8, 4) is 11.8 Å². The zero-order chi connectivity index (χ0) is 29.1. The minimum absolute atomic E-state index is 0.0321. The minimum Gasteiger partial charge on any atom is -0.462 e. The van der Waals surface area contributed by atoms with Crippen molar-refractivity contribution in [2.75, 3.05) is 5.73 Å². The number of hydrogen-bond acceptors (Lipinski definition) is 11. The van der Waals surface area contributed by atoms with Crippen LogP contribution in [0.5, 0.6) is 5.75 Å². The fourth-order valence-corrected chi connectivity index (χ4v) is 6.61. The first-order valence-electron chi connectivity index (χ1n) is 12.4. The molecule has 7 unspecified atom stereocenters. The Balaban J connectivity index is 1.45. The lowest BCUT2D eigenvalue weighted by atomic mass is 9.80. The number of benzene rings is 1. The van der Waals surface area contributed by atoms with E-state index in [4.69, 9.17) is 24.3 Å². The molecule has 3 heterocycles. The molecule has 212 valence electrons. The van der Waals surface area contributed by atoms with Crippen LogP contribution in [0, 0.1) is 11.3 Å². The smallest absolute Gasteiger partial charge is 0.459 e. The molecule has 2 fully saturated rings. The predicted octanol–water partition coefficient (Wildman–Crippen LogP) is 2.40. The van der Waals surface area contributed by atoms with Crippen molar-refractivity contribution in [1.82, 2.24) is 19.7 Å². The van der Waals surface area contributed by atoms with E-state index in [1.165, 1.54) is 35.7 Å². The van der Waals surface area contributed by atoms with E-state index in [1.807, 2.05) is 6.07 Å². The maximum Gasteiger partial charge on any atom is 0.459 e. The topological polar surface area (TPSA) is 183 Å². The molecular formula is C25H28FN6O7P.